The minimum Gasteiger partial charge on any atom is -0.503 e. The molecule has 31 heavy (non-hydrogen) atoms. The fraction of sp³-hybridized carbons (Fsp3) is 0.174. The van der Waals surface area contributed by atoms with Crippen LogP contribution in [0, 0.1) is 5.82 Å². The Hall–Kier alpha value is -3.94. The maximum Gasteiger partial charge on any atom is 0.289 e. The van der Waals surface area contributed by atoms with Gasteiger partial charge in [-0.05, 0) is 35.4 Å². The first-order chi connectivity index (χ1) is 15.0. The summed E-state index contributed by atoms with van der Waals surface area (Å²) in [5.74, 6) is -0.0986. The number of amides is 1. The molecule has 7 nitrogen and oxygen atoms in total. The van der Waals surface area contributed by atoms with E-state index >= 15 is 0 Å². The van der Waals surface area contributed by atoms with Crippen molar-refractivity contribution >= 4 is 11.5 Å². The molecule has 0 bridgehead atoms. The van der Waals surface area contributed by atoms with Gasteiger partial charge in [-0.2, -0.15) is 0 Å². The van der Waals surface area contributed by atoms with Gasteiger partial charge in [-0.25, -0.2) is 14.4 Å². The van der Waals surface area contributed by atoms with Crippen molar-refractivity contribution in [2.75, 3.05) is 13.7 Å². The first-order valence-electron chi connectivity index (χ1n) is 9.57. The molecule has 0 fully saturated rings. The van der Waals surface area contributed by atoms with Gasteiger partial charge >= 0.3 is 0 Å². The zero-order valence-corrected chi connectivity index (χ0v) is 16.8. The number of benzene rings is 2. The monoisotopic (exact) mass is 421 g/mol. The molecule has 0 radical (unpaired) electrons. The average Bonchev–Trinajstić information content (AvgIpc) is 3.08. The van der Waals surface area contributed by atoms with Crippen LogP contribution >= 0.6 is 0 Å². The van der Waals surface area contributed by atoms with Gasteiger partial charge in [-0.1, -0.05) is 24.3 Å². The van der Waals surface area contributed by atoms with Gasteiger partial charge in [0, 0.05) is 18.2 Å². The Morgan fingerprint density at radius 3 is 2.48 bits per heavy atom. The van der Waals surface area contributed by atoms with Gasteiger partial charge in [0.25, 0.3) is 5.91 Å². The Kier molecular flexibility index (Phi) is 5.79. The number of nitrogens with zero attached hydrogens (tertiary/aromatic N) is 3. The number of aliphatic hydroxyl groups excluding tert-OH is 1. The number of halogens is 1. The normalized spacial score (nSPS) is 13.6. The molecule has 4 rings (SSSR count). The second kappa shape index (κ2) is 8.83. The summed E-state index contributed by atoms with van der Waals surface area (Å²) >= 11 is 0. The molecule has 0 aliphatic carbocycles. The maximum atomic E-state index is 13.0. The standard InChI is InChI=1S/C23H20FN3O4/c1-30-18-8-4-15(5-9-18)11-27-12-19(22(28)23(27)29)20-10-21(26-14-25-20)31-13-16-2-6-17(24)7-3-16/h2-10,14,28H,11-13H2,1H3. The molecular weight excluding hydrogens is 401 g/mol. The van der Waals surface area contributed by atoms with Crippen LogP contribution in [0.4, 0.5) is 4.39 Å². The van der Waals surface area contributed by atoms with Crippen LogP contribution in [0.5, 0.6) is 11.6 Å². The number of hydrogen-bond donors (Lipinski definition) is 1. The molecular formula is C23H20FN3O4. The topological polar surface area (TPSA) is 84.8 Å². The number of rotatable bonds is 7. The van der Waals surface area contributed by atoms with E-state index in [1.54, 1.807) is 25.3 Å². The minimum atomic E-state index is -0.460. The number of carbonyl (C=O) groups excluding carboxylic acids is 1. The third-order valence-corrected chi connectivity index (χ3v) is 4.91. The van der Waals surface area contributed by atoms with Crippen LogP contribution in [0.1, 0.15) is 16.8 Å². The summed E-state index contributed by atoms with van der Waals surface area (Å²) in [5.41, 5.74) is 2.51. The van der Waals surface area contributed by atoms with E-state index in [1.807, 2.05) is 24.3 Å². The zero-order chi connectivity index (χ0) is 21.8. The Bertz CT molecular complexity index is 1110. The fourth-order valence-electron chi connectivity index (χ4n) is 3.22. The van der Waals surface area contributed by atoms with Crippen molar-refractivity contribution < 1.29 is 23.8 Å². The van der Waals surface area contributed by atoms with Crippen molar-refractivity contribution in [1.82, 2.24) is 14.9 Å². The molecule has 1 N–H and O–H groups in total. The van der Waals surface area contributed by atoms with E-state index in [2.05, 4.69) is 9.97 Å². The number of aliphatic hydroxyl groups is 1. The van der Waals surface area contributed by atoms with Crippen LogP contribution in [-0.4, -0.2) is 39.5 Å². The quantitative estimate of drug-likeness (QED) is 0.629. The van der Waals surface area contributed by atoms with Crippen LogP contribution in [0.2, 0.25) is 0 Å². The molecule has 2 aromatic carbocycles. The van der Waals surface area contributed by atoms with Crippen LogP contribution < -0.4 is 9.47 Å². The maximum absolute atomic E-state index is 13.0. The van der Waals surface area contributed by atoms with Gasteiger partial charge in [0.15, 0.2) is 5.76 Å². The van der Waals surface area contributed by atoms with E-state index in [0.29, 0.717) is 17.8 Å². The molecule has 1 amide bonds. The Balaban J connectivity index is 1.45. The predicted molar refractivity (Wildman–Crippen MR) is 111 cm³/mol. The highest BCUT2D eigenvalue weighted by Gasteiger charge is 2.31. The van der Waals surface area contributed by atoms with Crippen molar-refractivity contribution in [2.24, 2.45) is 0 Å². The molecule has 3 aromatic rings. The van der Waals surface area contributed by atoms with Crippen molar-refractivity contribution in [3.05, 3.63) is 89.3 Å². The number of carbonyl (C=O) groups is 1. The van der Waals surface area contributed by atoms with Gasteiger partial charge in [0.2, 0.25) is 5.88 Å². The molecule has 0 atom stereocenters. The lowest BCUT2D eigenvalue weighted by Gasteiger charge is -2.16. The molecule has 158 valence electrons. The summed E-state index contributed by atoms with van der Waals surface area (Å²) in [4.78, 5) is 22.3. The van der Waals surface area contributed by atoms with Gasteiger partial charge in [0.1, 0.15) is 24.5 Å². The van der Waals surface area contributed by atoms with E-state index in [1.165, 1.54) is 23.4 Å². The second-order valence-electron chi connectivity index (χ2n) is 6.99. The van der Waals surface area contributed by atoms with Gasteiger partial charge in [-0.3, -0.25) is 4.79 Å². The molecule has 1 aromatic heterocycles. The SMILES string of the molecule is COc1ccc(CN2CC(c3cc(OCc4ccc(F)cc4)ncn3)=C(O)C2=O)cc1. The summed E-state index contributed by atoms with van der Waals surface area (Å²) in [7, 11) is 1.59. The van der Waals surface area contributed by atoms with Gasteiger partial charge in [-0.15, -0.1) is 0 Å². The van der Waals surface area contributed by atoms with Crippen LogP contribution in [-0.2, 0) is 17.9 Å². The zero-order valence-electron chi connectivity index (χ0n) is 16.8. The molecule has 2 heterocycles. The summed E-state index contributed by atoms with van der Waals surface area (Å²) in [5, 5.41) is 10.4. The van der Waals surface area contributed by atoms with E-state index in [0.717, 1.165) is 16.9 Å². The summed E-state index contributed by atoms with van der Waals surface area (Å²) in [6.07, 6.45) is 1.31. The highest BCUT2D eigenvalue weighted by molar-refractivity contribution is 6.03. The highest BCUT2D eigenvalue weighted by atomic mass is 19.1. The molecule has 0 saturated carbocycles. The first-order valence-corrected chi connectivity index (χ1v) is 9.57. The van der Waals surface area contributed by atoms with Crippen LogP contribution in [0.15, 0.2) is 66.7 Å². The average molecular weight is 421 g/mol. The summed E-state index contributed by atoms with van der Waals surface area (Å²) < 4.78 is 23.8. The second-order valence-corrected chi connectivity index (χ2v) is 6.99. The first kappa shape index (κ1) is 20.3. The van der Waals surface area contributed by atoms with E-state index in [-0.39, 0.29) is 30.6 Å². The molecule has 8 heteroatoms. The largest absolute Gasteiger partial charge is 0.503 e. The lowest BCUT2D eigenvalue weighted by atomic mass is 10.1. The van der Waals surface area contributed by atoms with Gasteiger partial charge in [0.05, 0.1) is 19.3 Å². The predicted octanol–water partition coefficient (Wildman–Crippen LogP) is 3.51. The van der Waals surface area contributed by atoms with E-state index < -0.39 is 5.91 Å². The number of ether oxygens (including phenoxy) is 2. The van der Waals surface area contributed by atoms with Crippen molar-refractivity contribution in [1.29, 1.82) is 0 Å². The highest BCUT2D eigenvalue weighted by Crippen LogP contribution is 2.28. The third kappa shape index (κ3) is 4.63. The van der Waals surface area contributed by atoms with Crippen molar-refractivity contribution in [3.8, 4) is 11.6 Å². The smallest absolute Gasteiger partial charge is 0.289 e. The van der Waals surface area contributed by atoms with Crippen molar-refractivity contribution in [3.63, 3.8) is 0 Å². The summed E-state index contributed by atoms with van der Waals surface area (Å²) in [6.45, 7) is 0.755. The lowest BCUT2D eigenvalue weighted by molar-refractivity contribution is -0.128. The molecule has 1 aliphatic rings. The van der Waals surface area contributed by atoms with Gasteiger partial charge < -0.3 is 19.5 Å². The third-order valence-electron chi connectivity index (χ3n) is 4.91. The minimum absolute atomic E-state index is 0.199. The number of aromatic nitrogens is 2. The Morgan fingerprint density at radius 1 is 1.06 bits per heavy atom. The number of methoxy groups -OCH3 is 1. The van der Waals surface area contributed by atoms with Crippen LogP contribution in [0.25, 0.3) is 5.57 Å². The molecule has 0 spiro atoms. The fourth-order valence-corrected chi connectivity index (χ4v) is 3.22. The molecule has 0 saturated heterocycles. The number of hydrogen-bond acceptors (Lipinski definition) is 6. The Morgan fingerprint density at radius 2 is 1.77 bits per heavy atom. The molecule has 0 unspecified atom stereocenters. The van der Waals surface area contributed by atoms with Crippen molar-refractivity contribution in [2.45, 2.75) is 13.2 Å². The van der Waals surface area contributed by atoms with Crippen LogP contribution in [0.3, 0.4) is 0 Å². The lowest BCUT2D eigenvalue weighted by Crippen LogP contribution is -2.26. The Labute approximate surface area is 178 Å². The van der Waals surface area contributed by atoms with E-state index in [4.69, 9.17) is 9.47 Å². The van der Waals surface area contributed by atoms with E-state index in [9.17, 15) is 14.3 Å². The summed E-state index contributed by atoms with van der Waals surface area (Å²) in [6, 6.07) is 14.9. The molecule has 1 aliphatic heterocycles.